The number of ether oxygens (including phenoxy) is 1. The molecule has 29 heavy (non-hydrogen) atoms. The fourth-order valence-electron chi connectivity index (χ4n) is 2.75. The second kappa shape index (κ2) is 7.75. The maximum absolute atomic E-state index is 13.0. The van der Waals surface area contributed by atoms with Crippen LogP contribution in [0.5, 0.6) is 0 Å². The smallest absolute Gasteiger partial charge is 0.341 e. The Morgan fingerprint density at radius 1 is 1.28 bits per heavy atom. The van der Waals surface area contributed by atoms with Crippen LogP contribution >= 0.6 is 11.3 Å². The Hall–Kier alpha value is -3.07. The SMILES string of the molecule is Cc1sc(NC(=O)C2CC2)c(C(=O)OCc2nc(-c3ccc(F)cc3)no2)c1C. The summed E-state index contributed by atoms with van der Waals surface area (Å²) in [6.07, 6.45) is 1.75. The number of carbonyl (C=O) groups is 2. The third-order valence-corrected chi connectivity index (χ3v) is 5.79. The zero-order valence-electron chi connectivity index (χ0n) is 15.8. The summed E-state index contributed by atoms with van der Waals surface area (Å²) in [6, 6.07) is 5.65. The molecule has 150 valence electrons. The van der Waals surface area contributed by atoms with Crippen LogP contribution in [0.4, 0.5) is 9.39 Å². The lowest BCUT2D eigenvalue weighted by atomic mass is 10.1. The summed E-state index contributed by atoms with van der Waals surface area (Å²) in [5.41, 5.74) is 1.70. The Morgan fingerprint density at radius 3 is 2.69 bits per heavy atom. The largest absolute Gasteiger partial charge is 0.452 e. The number of aryl methyl sites for hydroxylation is 1. The van der Waals surface area contributed by atoms with Gasteiger partial charge in [-0.05, 0) is 56.5 Å². The van der Waals surface area contributed by atoms with E-state index >= 15 is 0 Å². The zero-order chi connectivity index (χ0) is 20.5. The molecule has 4 rings (SSSR count). The second-order valence-electron chi connectivity index (χ2n) is 6.85. The first-order chi connectivity index (χ1) is 13.9. The fourth-order valence-corrected chi connectivity index (χ4v) is 3.80. The van der Waals surface area contributed by atoms with E-state index in [4.69, 9.17) is 9.26 Å². The molecule has 1 aliphatic rings. The van der Waals surface area contributed by atoms with Crippen LogP contribution in [0.3, 0.4) is 0 Å². The van der Waals surface area contributed by atoms with Crippen LogP contribution < -0.4 is 5.32 Å². The van der Waals surface area contributed by atoms with Crippen molar-refractivity contribution < 1.29 is 23.2 Å². The number of hydrogen-bond donors (Lipinski definition) is 1. The first-order valence-corrected chi connectivity index (χ1v) is 9.90. The van der Waals surface area contributed by atoms with E-state index in [-0.39, 0.29) is 36.0 Å². The van der Waals surface area contributed by atoms with Gasteiger partial charge in [0.15, 0.2) is 6.61 Å². The zero-order valence-corrected chi connectivity index (χ0v) is 16.6. The van der Waals surface area contributed by atoms with Gasteiger partial charge in [-0.1, -0.05) is 5.16 Å². The Labute approximate surface area is 169 Å². The van der Waals surface area contributed by atoms with Gasteiger partial charge in [0.25, 0.3) is 5.89 Å². The number of amides is 1. The summed E-state index contributed by atoms with van der Waals surface area (Å²) >= 11 is 1.35. The third-order valence-electron chi connectivity index (χ3n) is 4.67. The average Bonchev–Trinajstić information content (AvgIpc) is 3.38. The molecule has 1 aliphatic carbocycles. The van der Waals surface area contributed by atoms with Gasteiger partial charge in [0.05, 0.1) is 5.56 Å². The van der Waals surface area contributed by atoms with E-state index in [1.54, 1.807) is 0 Å². The van der Waals surface area contributed by atoms with Crippen molar-refractivity contribution in [1.82, 2.24) is 10.1 Å². The molecule has 9 heteroatoms. The van der Waals surface area contributed by atoms with Gasteiger partial charge in [0.2, 0.25) is 11.7 Å². The van der Waals surface area contributed by atoms with Crippen molar-refractivity contribution in [1.29, 1.82) is 0 Å². The number of nitrogens with zero attached hydrogens (tertiary/aromatic N) is 2. The molecule has 0 saturated heterocycles. The molecule has 7 nitrogen and oxygen atoms in total. The van der Waals surface area contributed by atoms with E-state index in [0.29, 0.717) is 16.1 Å². The number of benzene rings is 1. The molecule has 2 aromatic heterocycles. The molecule has 1 amide bonds. The summed E-state index contributed by atoms with van der Waals surface area (Å²) in [7, 11) is 0. The number of aromatic nitrogens is 2. The average molecular weight is 415 g/mol. The fraction of sp³-hybridized carbons (Fsp3) is 0.300. The Kier molecular flexibility index (Phi) is 5.14. The second-order valence-corrected chi connectivity index (χ2v) is 8.07. The van der Waals surface area contributed by atoms with E-state index in [9.17, 15) is 14.0 Å². The minimum absolute atomic E-state index is 0.0323. The Morgan fingerprint density at radius 2 is 2.00 bits per heavy atom. The topological polar surface area (TPSA) is 94.3 Å². The summed E-state index contributed by atoms with van der Waals surface area (Å²) in [5, 5.41) is 7.16. The molecular weight excluding hydrogens is 397 g/mol. The number of carbonyl (C=O) groups excluding carboxylic acids is 2. The van der Waals surface area contributed by atoms with Crippen molar-refractivity contribution in [3.8, 4) is 11.4 Å². The highest BCUT2D eigenvalue weighted by Crippen LogP contribution is 2.36. The van der Waals surface area contributed by atoms with Gasteiger partial charge in [0.1, 0.15) is 10.8 Å². The number of hydrogen-bond acceptors (Lipinski definition) is 7. The minimum Gasteiger partial charge on any atom is -0.452 e. The highest BCUT2D eigenvalue weighted by molar-refractivity contribution is 7.16. The van der Waals surface area contributed by atoms with Gasteiger partial charge in [-0.3, -0.25) is 4.79 Å². The molecule has 1 N–H and O–H groups in total. The van der Waals surface area contributed by atoms with Crippen molar-refractivity contribution in [2.45, 2.75) is 33.3 Å². The molecule has 3 aromatic rings. The lowest BCUT2D eigenvalue weighted by molar-refractivity contribution is -0.117. The molecule has 0 atom stereocenters. The highest BCUT2D eigenvalue weighted by atomic mass is 32.1. The number of nitrogens with one attached hydrogen (secondary N) is 1. The van der Waals surface area contributed by atoms with Gasteiger partial charge in [-0.2, -0.15) is 4.98 Å². The van der Waals surface area contributed by atoms with Crippen LogP contribution in [0, 0.1) is 25.6 Å². The van der Waals surface area contributed by atoms with Crippen molar-refractivity contribution in [3.63, 3.8) is 0 Å². The van der Waals surface area contributed by atoms with Crippen LogP contribution in [0.1, 0.15) is 39.5 Å². The van der Waals surface area contributed by atoms with E-state index in [1.807, 2.05) is 13.8 Å². The van der Waals surface area contributed by atoms with Crippen LogP contribution in [-0.2, 0) is 16.1 Å². The highest BCUT2D eigenvalue weighted by Gasteiger charge is 2.31. The summed E-state index contributed by atoms with van der Waals surface area (Å²) in [4.78, 5) is 29.8. The quantitative estimate of drug-likeness (QED) is 0.605. The molecule has 1 fully saturated rings. The molecule has 0 unspecified atom stereocenters. The molecule has 0 bridgehead atoms. The van der Waals surface area contributed by atoms with Crippen molar-refractivity contribution >= 4 is 28.2 Å². The summed E-state index contributed by atoms with van der Waals surface area (Å²) in [5.74, 6) is -0.579. The lowest BCUT2D eigenvalue weighted by Gasteiger charge is -2.06. The molecule has 2 heterocycles. The van der Waals surface area contributed by atoms with E-state index in [2.05, 4.69) is 15.5 Å². The van der Waals surface area contributed by atoms with Crippen LogP contribution in [0.25, 0.3) is 11.4 Å². The minimum atomic E-state index is -0.570. The molecule has 0 spiro atoms. The van der Waals surface area contributed by atoms with E-state index in [0.717, 1.165) is 23.3 Å². The van der Waals surface area contributed by atoms with Crippen molar-refractivity contribution in [2.24, 2.45) is 5.92 Å². The third kappa shape index (κ3) is 4.19. The van der Waals surface area contributed by atoms with Crippen molar-refractivity contribution in [3.05, 3.63) is 52.0 Å². The maximum atomic E-state index is 13.0. The monoisotopic (exact) mass is 415 g/mol. The number of thiophene rings is 1. The van der Waals surface area contributed by atoms with Crippen LogP contribution in [-0.4, -0.2) is 22.0 Å². The van der Waals surface area contributed by atoms with Crippen LogP contribution in [0.15, 0.2) is 28.8 Å². The van der Waals surface area contributed by atoms with Crippen LogP contribution in [0.2, 0.25) is 0 Å². The van der Waals surface area contributed by atoms with Crippen molar-refractivity contribution in [2.75, 3.05) is 5.32 Å². The summed E-state index contributed by atoms with van der Waals surface area (Å²) < 4.78 is 23.5. The number of rotatable bonds is 6. The Balaban J connectivity index is 1.45. The standard InChI is InChI=1S/C20H18FN3O4S/c1-10-11(2)29-19(23-18(25)13-3-4-13)16(10)20(26)27-9-15-22-17(24-28-15)12-5-7-14(21)8-6-12/h5-8,13H,3-4,9H2,1-2H3,(H,23,25). The molecule has 0 aliphatic heterocycles. The van der Waals surface area contributed by atoms with Gasteiger partial charge < -0.3 is 14.6 Å². The molecule has 0 radical (unpaired) electrons. The number of esters is 1. The first-order valence-electron chi connectivity index (χ1n) is 9.09. The predicted octanol–water partition coefficient (Wildman–Crippen LogP) is 4.26. The van der Waals surface area contributed by atoms with Gasteiger partial charge >= 0.3 is 5.97 Å². The number of halogens is 1. The van der Waals surface area contributed by atoms with Gasteiger partial charge in [0, 0.05) is 16.4 Å². The number of anilines is 1. The normalized spacial score (nSPS) is 13.3. The molecular formula is C20H18FN3O4S. The predicted molar refractivity (Wildman–Crippen MR) is 104 cm³/mol. The van der Waals surface area contributed by atoms with Gasteiger partial charge in [-0.15, -0.1) is 11.3 Å². The first kappa shape index (κ1) is 19.3. The lowest BCUT2D eigenvalue weighted by Crippen LogP contribution is -2.16. The molecule has 1 aromatic carbocycles. The molecule has 1 saturated carbocycles. The van der Waals surface area contributed by atoms with E-state index < -0.39 is 5.97 Å². The Bertz CT molecular complexity index is 1070. The summed E-state index contributed by atoms with van der Waals surface area (Å²) in [6.45, 7) is 3.49. The van der Waals surface area contributed by atoms with Gasteiger partial charge in [-0.25, -0.2) is 9.18 Å². The maximum Gasteiger partial charge on any atom is 0.341 e. The van der Waals surface area contributed by atoms with E-state index in [1.165, 1.54) is 35.6 Å².